The Morgan fingerprint density at radius 1 is 1.34 bits per heavy atom. The highest BCUT2D eigenvalue weighted by Crippen LogP contribution is 2.46. The molecule has 2 fully saturated rings. The first kappa shape index (κ1) is 18.6. The van der Waals surface area contributed by atoms with Crippen molar-refractivity contribution in [2.45, 2.75) is 38.3 Å². The maximum atomic E-state index is 15.3. The highest BCUT2D eigenvalue weighted by Gasteiger charge is 2.34. The van der Waals surface area contributed by atoms with Crippen LogP contribution in [-0.4, -0.2) is 35.2 Å². The lowest BCUT2D eigenvalue weighted by atomic mass is 10.0. The third-order valence-electron chi connectivity index (χ3n) is 6.20. The highest BCUT2D eigenvalue weighted by atomic mass is 32.1. The molecule has 0 spiro atoms. The van der Waals surface area contributed by atoms with Gasteiger partial charge in [0, 0.05) is 25.2 Å². The predicted octanol–water partition coefficient (Wildman–Crippen LogP) is 2.56. The Morgan fingerprint density at radius 3 is 2.72 bits per heavy atom. The number of nitrogens with two attached hydrogens (primary N) is 1. The minimum atomic E-state index is -0.509. The minimum Gasteiger partial charge on any atom is -0.492 e. The SMILES string of the molecule is COc1c(N2CC[C@H]([C@@H](C)N)C2)c(F)cc2c(=O)c3c(=O)[nH]sc3n(C3CC3)c12. The number of anilines is 1. The molecule has 0 amide bonds. The Labute approximate surface area is 170 Å². The maximum Gasteiger partial charge on any atom is 0.271 e. The average molecular weight is 418 g/mol. The molecule has 0 bridgehead atoms. The first-order valence-corrected chi connectivity index (χ1v) is 10.7. The molecule has 2 aliphatic rings. The Kier molecular flexibility index (Phi) is 4.22. The van der Waals surface area contributed by atoms with Crippen LogP contribution in [0.1, 0.15) is 32.2 Å². The molecule has 2 aromatic heterocycles. The Balaban J connectivity index is 1.84. The zero-order valence-corrected chi connectivity index (χ0v) is 17.1. The van der Waals surface area contributed by atoms with E-state index in [4.69, 9.17) is 10.5 Å². The number of nitrogens with zero attached hydrogens (tertiary/aromatic N) is 2. The van der Waals surface area contributed by atoms with Crippen LogP contribution in [-0.2, 0) is 0 Å². The summed E-state index contributed by atoms with van der Waals surface area (Å²) in [5, 5.41) is 0.288. The van der Waals surface area contributed by atoms with Crippen LogP contribution in [0.4, 0.5) is 10.1 Å². The first-order chi connectivity index (χ1) is 13.9. The number of halogens is 1. The molecule has 9 heteroatoms. The molecular weight excluding hydrogens is 395 g/mol. The number of pyridine rings is 1. The summed E-state index contributed by atoms with van der Waals surface area (Å²) in [7, 11) is 1.50. The molecule has 29 heavy (non-hydrogen) atoms. The molecule has 3 N–H and O–H groups in total. The van der Waals surface area contributed by atoms with E-state index in [0.717, 1.165) is 30.8 Å². The molecule has 7 nitrogen and oxygen atoms in total. The topological polar surface area (TPSA) is 93.3 Å². The summed E-state index contributed by atoms with van der Waals surface area (Å²) in [6, 6.07) is 1.47. The van der Waals surface area contributed by atoms with Crippen LogP contribution in [0.15, 0.2) is 15.7 Å². The molecule has 0 unspecified atom stereocenters. The summed E-state index contributed by atoms with van der Waals surface area (Å²) in [5.74, 6) is 0.125. The highest BCUT2D eigenvalue weighted by molar-refractivity contribution is 7.12. The van der Waals surface area contributed by atoms with Gasteiger partial charge in [0.25, 0.3) is 5.56 Å². The number of rotatable bonds is 4. The van der Waals surface area contributed by atoms with Crippen molar-refractivity contribution in [3.8, 4) is 5.75 Å². The number of methoxy groups -OCH3 is 1. The third kappa shape index (κ3) is 2.71. The zero-order chi connectivity index (χ0) is 20.4. The van der Waals surface area contributed by atoms with Gasteiger partial charge in [-0.1, -0.05) is 0 Å². The fourth-order valence-corrected chi connectivity index (χ4v) is 5.42. The fraction of sp³-hybridized carbons (Fsp3) is 0.500. The van der Waals surface area contributed by atoms with Crippen LogP contribution in [0.25, 0.3) is 21.1 Å². The van der Waals surface area contributed by atoms with E-state index in [1.54, 1.807) is 0 Å². The number of ether oxygens (including phenoxy) is 1. The standard InChI is InChI=1S/C20H23FN4O3S/c1-9(22)10-5-6-24(8-10)16-13(21)7-12-15(18(16)28-2)25(11-3-4-11)20-14(17(12)26)19(27)23-29-20/h7,9-11H,3-6,8,22H2,1-2H3,(H,23,27)/t9-,10+/m1/s1. The van der Waals surface area contributed by atoms with Crippen LogP contribution in [0.3, 0.4) is 0 Å². The largest absolute Gasteiger partial charge is 0.492 e. The molecule has 1 aliphatic heterocycles. The van der Waals surface area contributed by atoms with Gasteiger partial charge in [0.05, 0.1) is 18.0 Å². The average Bonchev–Trinajstić information content (AvgIpc) is 3.26. The van der Waals surface area contributed by atoms with Gasteiger partial charge in [-0.15, -0.1) is 0 Å². The molecule has 5 rings (SSSR count). The number of H-pyrrole nitrogens is 1. The number of nitrogens with one attached hydrogen (secondary N) is 1. The monoisotopic (exact) mass is 418 g/mol. The van der Waals surface area contributed by atoms with Crippen LogP contribution >= 0.6 is 11.5 Å². The van der Waals surface area contributed by atoms with Crippen LogP contribution in [0.2, 0.25) is 0 Å². The summed E-state index contributed by atoms with van der Waals surface area (Å²) in [5.41, 5.74) is 6.14. The second-order valence-electron chi connectivity index (χ2n) is 8.13. The lowest BCUT2D eigenvalue weighted by Gasteiger charge is -2.25. The van der Waals surface area contributed by atoms with Crippen molar-refractivity contribution in [3.63, 3.8) is 0 Å². The van der Waals surface area contributed by atoms with Crippen molar-refractivity contribution in [3.05, 3.63) is 32.5 Å². The summed E-state index contributed by atoms with van der Waals surface area (Å²) < 4.78 is 25.7. The second-order valence-corrected chi connectivity index (χ2v) is 8.93. The van der Waals surface area contributed by atoms with Crippen molar-refractivity contribution < 1.29 is 9.13 Å². The number of benzene rings is 1. The number of hydrogen-bond donors (Lipinski definition) is 2. The molecule has 1 saturated heterocycles. The minimum absolute atomic E-state index is 0.0240. The van der Waals surface area contributed by atoms with Gasteiger partial charge in [-0.2, -0.15) is 0 Å². The Morgan fingerprint density at radius 2 is 2.10 bits per heavy atom. The smallest absolute Gasteiger partial charge is 0.271 e. The zero-order valence-electron chi connectivity index (χ0n) is 16.3. The first-order valence-electron chi connectivity index (χ1n) is 9.88. The van der Waals surface area contributed by atoms with Crippen molar-refractivity contribution in [2.75, 3.05) is 25.1 Å². The molecule has 3 aromatic rings. The van der Waals surface area contributed by atoms with Crippen LogP contribution < -0.4 is 26.4 Å². The maximum absolute atomic E-state index is 15.3. The lowest BCUT2D eigenvalue weighted by molar-refractivity contribution is 0.413. The molecule has 1 aliphatic carbocycles. The van der Waals surface area contributed by atoms with Gasteiger partial charge in [0.15, 0.2) is 11.6 Å². The van der Waals surface area contributed by atoms with Crippen LogP contribution in [0.5, 0.6) is 5.75 Å². The summed E-state index contributed by atoms with van der Waals surface area (Å²) in [6.07, 6.45) is 2.78. The summed E-state index contributed by atoms with van der Waals surface area (Å²) >= 11 is 1.15. The lowest BCUT2D eigenvalue weighted by Crippen LogP contribution is -2.30. The molecule has 3 heterocycles. The molecular formula is C20H23FN4O3S. The number of fused-ring (bicyclic) bond motifs is 2. The number of aromatic amines is 1. The van der Waals surface area contributed by atoms with E-state index in [9.17, 15) is 9.59 Å². The van der Waals surface area contributed by atoms with Crippen molar-refractivity contribution in [1.29, 1.82) is 0 Å². The van der Waals surface area contributed by atoms with Crippen molar-refractivity contribution in [2.24, 2.45) is 11.7 Å². The Bertz CT molecular complexity index is 1240. The van der Waals surface area contributed by atoms with Crippen molar-refractivity contribution in [1.82, 2.24) is 8.94 Å². The van der Waals surface area contributed by atoms with E-state index >= 15 is 4.39 Å². The van der Waals surface area contributed by atoms with E-state index < -0.39 is 16.8 Å². The van der Waals surface area contributed by atoms with Gasteiger partial charge in [0.2, 0.25) is 5.43 Å². The van der Waals surface area contributed by atoms with Crippen LogP contribution in [0, 0.1) is 11.7 Å². The van der Waals surface area contributed by atoms with Gasteiger partial charge in [-0.05, 0) is 49.7 Å². The number of hydrogen-bond acceptors (Lipinski definition) is 6. The third-order valence-corrected chi connectivity index (χ3v) is 7.08. The van der Waals surface area contributed by atoms with Gasteiger partial charge >= 0.3 is 0 Å². The van der Waals surface area contributed by atoms with E-state index in [2.05, 4.69) is 4.37 Å². The van der Waals surface area contributed by atoms with Gasteiger partial charge in [-0.3, -0.25) is 14.0 Å². The van der Waals surface area contributed by atoms with E-state index in [0.29, 0.717) is 34.9 Å². The molecule has 1 aromatic carbocycles. The molecule has 2 atom stereocenters. The number of aromatic nitrogens is 2. The summed E-state index contributed by atoms with van der Waals surface area (Å²) in [4.78, 5) is 27.9. The Hall–Kier alpha value is -2.39. The van der Waals surface area contributed by atoms with E-state index in [1.165, 1.54) is 13.2 Å². The van der Waals surface area contributed by atoms with Gasteiger partial charge in [-0.25, -0.2) is 4.39 Å². The van der Waals surface area contributed by atoms with Gasteiger partial charge < -0.3 is 19.9 Å². The molecule has 154 valence electrons. The van der Waals surface area contributed by atoms with Gasteiger partial charge in [0.1, 0.15) is 15.9 Å². The molecule has 1 saturated carbocycles. The van der Waals surface area contributed by atoms with E-state index in [-0.39, 0.29) is 28.8 Å². The fourth-order valence-electron chi connectivity index (χ4n) is 4.51. The summed E-state index contributed by atoms with van der Waals surface area (Å²) in [6.45, 7) is 3.29. The normalized spacial score (nSPS) is 20.7. The molecule has 0 radical (unpaired) electrons. The van der Waals surface area contributed by atoms with Crippen molar-refractivity contribution >= 4 is 38.3 Å². The predicted molar refractivity (Wildman–Crippen MR) is 113 cm³/mol. The quantitative estimate of drug-likeness (QED) is 0.679. The van der Waals surface area contributed by atoms with E-state index in [1.807, 2.05) is 16.4 Å². The second kappa shape index (κ2) is 6.56.